The van der Waals surface area contributed by atoms with Crippen LogP contribution in [0.25, 0.3) is 0 Å². The van der Waals surface area contributed by atoms with Crippen LogP contribution in [0.1, 0.15) is 62.6 Å². The molecule has 7 heteroatoms. The summed E-state index contributed by atoms with van der Waals surface area (Å²) in [5.41, 5.74) is 1.76. The van der Waals surface area contributed by atoms with Gasteiger partial charge < -0.3 is 14.7 Å². The van der Waals surface area contributed by atoms with Gasteiger partial charge in [0.1, 0.15) is 11.6 Å². The van der Waals surface area contributed by atoms with E-state index in [1.54, 1.807) is 11.0 Å². The van der Waals surface area contributed by atoms with Crippen LogP contribution in [0.2, 0.25) is 0 Å². The second-order valence-corrected chi connectivity index (χ2v) is 8.45. The summed E-state index contributed by atoms with van der Waals surface area (Å²) in [5.74, 6) is 0.929. The summed E-state index contributed by atoms with van der Waals surface area (Å²) in [4.78, 5) is 32.1. The number of likely N-dealkylation sites (tertiary alicyclic amines) is 1. The van der Waals surface area contributed by atoms with Crippen molar-refractivity contribution in [3.8, 4) is 0 Å². The summed E-state index contributed by atoms with van der Waals surface area (Å²) in [5, 5.41) is 6.77. The summed E-state index contributed by atoms with van der Waals surface area (Å²) in [6.45, 7) is 10.5. The number of benzene rings is 1. The lowest BCUT2D eigenvalue weighted by Crippen LogP contribution is -2.46. The van der Waals surface area contributed by atoms with Gasteiger partial charge >= 0.3 is 0 Å². The van der Waals surface area contributed by atoms with Gasteiger partial charge in [0.25, 0.3) is 5.91 Å². The molecule has 0 saturated carbocycles. The lowest BCUT2D eigenvalue weighted by Gasteiger charge is -2.24. The lowest BCUT2D eigenvalue weighted by molar-refractivity contribution is -0.130. The van der Waals surface area contributed by atoms with Gasteiger partial charge in [-0.2, -0.15) is 0 Å². The molecule has 2 aliphatic heterocycles. The van der Waals surface area contributed by atoms with Crippen LogP contribution >= 0.6 is 0 Å². The predicted octanol–water partition coefficient (Wildman–Crippen LogP) is 3.68. The minimum atomic E-state index is -0.970. The van der Waals surface area contributed by atoms with E-state index < -0.39 is 5.54 Å². The van der Waals surface area contributed by atoms with Crippen molar-refractivity contribution >= 4 is 17.6 Å². The Morgan fingerprint density at radius 3 is 2.55 bits per heavy atom. The SMILES string of the molecule is CCC.Cc1ccc(C2(C)N=C(C3CCCN3C(=O)Cc3cc(C)no3)NC2=O)cc1. The van der Waals surface area contributed by atoms with Gasteiger partial charge in [-0.1, -0.05) is 55.3 Å². The molecule has 3 heterocycles. The molecule has 0 bridgehead atoms. The lowest BCUT2D eigenvalue weighted by atomic mass is 9.92. The summed E-state index contributed by atoms with van der Waals surface area (Å²) in [7, 11) is 0. The van der Waals surface area contributed by atoms with Crippen LogP contribution < -0.4 is 5.32 Å². The first-order valence-corrected chi connectivity index (χ1v) is 11.0. The van der Waals surface area contributed by atoms with E-state index in [-0.39, 0.29) is 24.3 Å². The molecule has 4 rings (SSSR count). The van der Waals surface area contributed by atoms with Gasteiger partial charge in [-0.3, -0.25) is 9.59 Å². The Bertz CT molecular complexity index is 963. The third-order valence-corrected chi connectivity index (χ3v) is 5.53. The third-order valence-electron chi connectivity index (χ3n) is 5.53. The average Bonchev–Trinajstić information content (AvgIpc) is 3.43. The zero-order chi connectivity index (χ0) is 22.6. The van der Waals surface area contributed by atoms with Crippen molar-refractivity contribution in [1.82, 2.24) is 15.4 Å². The maximum atomic E-state index is 12.8. The maximum absolute atomic E-state index is 12.8. The molecule has 31 heavy (non-hydrogen) atoms. The summed E-state index contributed by atoms with van der Waals surface area (Å²) >= 11 is 0. The van der Waals surface area contributed by atoms with Gasteiger partial charge in [0.2, 0.25) is 5.91 Å². The van der Waals surface area contributed by atoms with Gasteiger partial charge in [0.15, 0.2) is 5.54 Å². The number of hydrogen-bond donors (Lipinski definition) is 1. The monoisotopic (exact) mass is 424 g/mol. The van der Waals surface area contributed by atoms with Crippen LogP contribution in [0.4, 0.5) is 0 Å². The van der Waals surface area contributed by atoms with Crippen LogP contribution in [-0.4, -0.2) is 40.3 Å². The average molecular weight is 425 g/mol. The van der Waals surface area contributed by atoms with Crippen LogP contribution in [-0.2, 0) is 21.5 Å². The topological polar surface area (TPSA) is 87.8 Å². The van der Waals surface area contributed by atoms with Crippen molar-refractivity contribution in [3.63, 3.8) is 0 Å². The molecule has 2 amide bonds. The Balaban J connectivity index is 0.000000858. The fourth-order valence-corrected chi connectivity index (χ4v) is 3.89. The number of amidine groups is 1. The molecule has 2 atom stereocenters. The number of rotatable bonds is 4. The quantitative estimate of drug-likeness (QED) is 0.811. The number of nitrogens with one attached hydrogen (secondary N) is 1. The van der Waals surface area contributed by atoms with Crippen LogP contribution in [0.3, 0.4) is 0 Å². The fourth-order valence-electron chi connectivity index (χ4n) is 3.89. The number of aromatic nitrogens is 1. The zero-order valence-electron chi connectivity index (χ0n) is 19.1. The van der Waals surface area contributed by atoms with Gasteiger partial charge in [0.05, 0.1) is 18.2 Å². The Kier molecular flexibility index (Phi) is 6.93. The molecule has 1 saturated heterocycles. The number of amides is 2. The second-order valence-electron chi connectivity index (χ2n) is 8.45. The third kappa shape index (κ3) is 4.86. The van der Waals surface area contributed by atoms with E-state index in [4.69, 9.17) is 9.52 Å². The van der Waals surface area contributed by atoms with Gasteiger partial charge in [-0.15, -0.1) is 0 Å². The Labute approximate surface area is 183 Å². The number of nitrogens with zero attached hydrogens (tertiary/aromatic N) is 3. The van der Waals surface area contributed by atoms with E-state index in [0.29, 0.717) is 18.1 Å². The number of aryl methyl sites for hydroxylation is 2. The number of carbonyl (C=O) groups is 2. The molecular weight excluding hydrogens is 392 g/mol. The summed E-state index contributed by atoms with van der Waals surface area (Å²) < 4.78 is 5.18. The van der Waals surface area contributed by atoms with Crippen molar-refractivity contribution in [1.29, 1.82) is 0 Å². The highest BCUT2D eigenvalue weighted by Gasteiger charge is 2.45. The van der Waals surface area contributed by atoms with Crippen LogP contribution in [0.15, 0.2) is 39.8 Å². The van der Waals surface area contributed by atoms with Crippen molar-refractivity contribution < 1.29 is 14.1 Å². The highest BCUT2D eigenvalue weighted by atomic mass is 16.5. The standard InChI is InChI=1S/C21H24N4O3.C3H8/c1-13-6-8-15(9-7-13)21(3)20(27)22-19(23-21)17-5-4-10-25(17)18(26)12-16-11-14(2)24-28-16;1-3-2/h6-9,11,17H,4-5,10,12H2,1-3H3,(H,22,23,27);3H2,1-2H3. The van der Waals surface area contributed by atoms with Crippen molar-refractivity contribution in [3.05, 3.63) is 52.9 Å². The van der Waals surface area contributed by atoms with E-state index >= 15 is 0 Å². The molecular formula is C24H32N4O3. The molecule has 0 aliphatic carbocycles. The highest BCUT2D eigenvalue weighted by molar-refractivity contribution is 6.11. The zero-order valence-corrected chi connectivity index (χ0v) is 19.1. The first-order chi connectivity index (χ1) is 14.8. The molecule has 0 spiro atoms. The van der Waals surface area contributed by atoms with Crippen molar-refractivity contribution in [2.24, 2.45) is 4.99 Å². The molecule has 2 unspecified atom stereocenters. The van der Waals surface area contributed by atoms with E-state index in [1.165, 1.54) is 6.42 Å². The molecule has 1 fully saturated rings. The first kappa shape index (κ1) is 22.7. The molecule has 2 aromatic rings. The highest BCUT2D eigenvalue weighted by Crippen LogP contribution is 2.32. The van der Waals surface area contributed by atoms with Gasteiger partial charge in [-0.25, -0.2) is 4.99 Å². The molecule has 1 aromatic heterocycles. The molecule has 0 radical (unpaired) electrons. The largest absolute Gasteiger partial charge is 0.361 e. The van der Waals surface area contributed by atoms with Crippen LogP contribution in [0, 0.1) is 13.8 Å². The molecule has 7 nitrogen and oxygen atoms in total. The van der Waals surface area contributed by atoms with Crippen molar-refractivity contribution in [2.45, 2.75) is 71.9 Å². The fraction of sp³-hybridized carbons (Fsp3) is 0.500. The van der Waals surface area contributed by atoms with E-state index in [1.807, 2.05) is 45.0 Å². The number of carbonyl (C=O) groups excluding carboxylic acids is 2. The summed E-state index contributed by atoms with van der Waals surface area (Å²) in [6, 6.07) is 9.38. The Hall–Kier alpha value is -2.96. The Morgan fingerprint density at radius 2 is 1.94 bits per heavy atom. The molecule has 1 N–H and O–H groups in total. The smallest absolute Gasteiger partial charge is 0.257 e. The molecule has 1 aromatic carbocycles. The van der Waals surface area contributed by atoms with E-state index in [2.05, 4.69) is 24.3 Å². The Morgan fingerprint density at radius 1 is 1.26 bits per heavy atom. The normalized spacial score (nSPS) is 22.6. The van der Waals surface area contributed by atoms with E-state index in [9.17, 15) is 9.59 Å². The minimum absolute atomic E-state index is 0.0421. The predicted molar refractivity (Wildman–Crippen MR) is 120 cm³/mol. The first-order valence-electron chi connectivity index (χ1n) is 11.0. The molecule has 2 aliphatic rings. The number of aliphatic imine (C=N–C) groups is 1. The van der Waals surface area contributed by atoms with E-state index in [0.717, 1.165) is 29.7 Å². The minimum Gasteiger partial charge on any atom is -0.361 e. The molecule has 166 valence electrons. The summed E-state index contributed by atoms with van der Waals surface area (Å²) in [6.07, 6.45) is 3.07. The van der Waals surface area contributed by atoms with Gasteiger partial charge in [0, 0.05) is 12.6 Å². The maximum Gasteiger partial charge on any atom is 0.257 e. The van der Waals surface area contributed by atoms with Crippen molar-refractivity contribution in [2.75, 3.05) is 6.54 Å². The second kappa shape index (κ2) is 9.45. The number of hydrogen-bond acceptors (Lipinski definition) is 5. The van der Waals surface area contributed by atoms with Crippen LogP contribution in [0.5, 0.6) is 0 Å². The van der Waals surface area contributed by atoms with Gasteiger partial charge in [-0.05, 0) is 39.2 Å².